The number of aromatic nitrogens is 1. The van der Waals surface area contributed by atoms with E-state index in [1.54, 1.807) is 75.7 Å². The second kappa shape index (κ2) is 34.5. The molecule has 3 saturated heterocycles. The minimum absolute atomic E-state index is 0.0297. The highest BCUT2D eigenvalue weighted by molar-refractivity contribution is 7.99. The van der Waals surface area contributed by atoms with Crippen LogP contribution in [-0.2, 0) is 39.0 Å². The smallest absolute Gasteiger partial charge is 0.391 e. The number of halogens is 4. The molecule has 5 aliphatic rings. The normalized spacial score (nSPS) is 22.0. The van der Waals surface area contributed by atoms with Crippen molar-refractivity contribution in [1.29, 1.82) is 0 Å². The number of anilines is 2. The molecule has 28 heteroatoms. The SMILES string of the molecule is [2H]C1([2H])N(CC[C@H](CSc2ccccc2)Nc2ccc(S(=O)(=O)NC(=O)c3ccc(N4CCN(CC5=C(c6ccc(Cl)cc6)CCC6(CC6)C5)CC4)cc3)cc2S(=O)(=O)C(F)(F)F)C([2H])([2H])C([2H])([2H])N(C(=O)CCCCCCC(=O)N[C@H](C(=O)N2C[C@H](O)C[C@H]2C(=O)N[C@@H](C)c2ccc(-c3scnc3C)cc2)C(C)(C)C)C1([2H])[2H]. The third-order valence-electron chi connectivity index (χ3n) is 20.1. The van der Waals surface area contributed by atoms with Gasteiger partial charge in [-0.3, -0.25) is 33.8 Å². The van der Waals surface area contributed by atoms with Crippen LogP contribution in [0.1, 0.15) is 155 Å². The molecule has 570 valence electrons. The number of sulfonamides is 1. The standard InChI is InChI=1S/C78H96ClF3N10O10S4/c1-52(54-17-19-56(20-18-54)71-53(2)83-51-104-71)84-74(97)67-45-62(93)49-92(67)75(98)72(76(3,4)5)86-69(94)15-11-6-7-12-16-70(95)91-43-37-88(38-44-91)36-32-60(50-103-63-13-9-8-10-14-63)85-66-30-29-64(46-68(66)105(99,100)78(80,81)82)106(101,102)87-73(96)57-23-27-61(28-24-57)90-41-39-89(40-42-90)48-58-47-77(34-35-77)33-31-65(58)55-21-25-59(79)26-22-55/h8-10,13-14,17-30,46,51-52,60,62,67,72,85,93H,6-7,11-12,15-16,31-45,47-50H2,1-5H3,(H,84,97)(H,86,94)(H,87,96)/t52-,60+,62+,67-,72+/m0/s1/i37D2,38D2,43D2,44D2. The number of hydrogen-bond acceptors (Lipinski definition) is 17. The second-order valence-electron chi connectivity index (χ2n) is 29.0. The molecule has 5 amide bonds. The molecule has 1 saturated carbocycles. The molecule has 4 fully saturated rings. The third-order valence-corrected chi connectivity index (χ3v) is 25.4. The van der Waals surface area contributed by atoms with Crippen LogP contribution in [0.5, 0.6) is 0 Å². The van der Waals surface area contributed by atoms with Crippen molar-refractivity contribution < 1.29 is 70.1 Å². The molecule has 6 aromatic rings. The van der Waals surface area contributed by atoms with E-state index in [2.05, 4.69) is 42.9 Å². The van der Waals surface area contributed by atoms with Crippen molar-refractivity contribution in [3.05, 3.63) is 160 Å². The van der Waals surface area contributed by atoms with Gasteiger partial charge in [-0.25, -0.2) is 26.5 Å². The molecule has 0 radical (unpaired) electrons. The number of aryl methyl sites for hydroxylation is 1. The highest BCUT2D eigenvalue weighted by Gasteiger charge is 2.50. The number of thioether (sulfide) groups is 1. The van der Waals surface area contributed by atoms with Gasteiger partial charge in [-0.05, 0) is 165 Å². The minimum atomic E-state index is -6.46. The Balaban J connectivity index is 0.697. The number of carbonyl (C=O) groups is 5. The number of likely N-dealkylation sites (tertiary alicyclic amines) is 1. The van der Waals surface area contributed by atoms with Crippen molar-refractivity contribution in [2.45, 2.75) is 169 Å². The molecule has 5 atom stereocenters. The average Bonchev–Trinajstić information content (AvgIpc) is 0.938. The molecule has 20 nitrogen and oxygen atoms in total. The minimum Gasteiger partial charge on any atom is -0.391 e. The van der Waals surface area contributed by atoms with Crippen molar-refractivity contribution >= 4 is 101 Å². The van der Waals surface area contributed by atoms with E-state index in [9.17, 15) is 59.1 Å². The molecule has 2 aliphatic carbocycles. The van der Waals surface area contributed by atoms with Gasteiger partial charge in [0.1, 0.15) is 17.0 Å². The van der Waals surface area contributed by atoms with Crippen LogP contribution in [0, 0.1) is 17.8 Å². The predicted molar refractivity (Wildman–Crippen MR) is 410 cm³/mol. The monoisotopic (exact) mass is 1560 g/mol. The van der Waals surface area contributed by atoms with Gasteiger partial charge in [-0.1, -0.05) is 105 Å². The van der Waals surface area contributed by atoms with Crippen LogP contribution in [0.4, 0.5) is 24.5 Å². The Hall–Kier alpha value is -7.37. The van der Waals surface area contributed by atoms with E-state index >= 15 is 0 Å². The highest BCUT2D eigenvalue weighted by Crippen LogP contribution is 2.59. The molecule has 3 aliphatic heterocycles. The number of hydrogen-bond donors (Lipinski definition) is 5. The van der Waals surface area contributed by atoms with Gasteiger partial charge in [0.25, 0.3) is 25.8 Å². The van der Waals surface area contributed by atoms with Gasteiger partial charge in [-0.15, -0.1) is 23.1 Å². The number of rotatable bonds is 29. The summed E-state index contributed by atoms with van der Waals surface area (Å²) in [4.78, 5) is 78.7. The van der Waals surface area contributed by atoms with Crippen LogP contribution in [-0.4, -0.2) is 183 Å². The maximum atomic E-state index is 14.8. The zero-order chi connectivity index (χ0) is 82.9. The predicted octanol–water partition coefficient (Wildman–Crippen LogP) is 12.5. The lowest BCUT2D eigenvalue weighted by Crippen LogP contribution is -2.57. The van der Waals surface area contributed by atoms with Gasteiger partial charge >= 0.3 is 5.51 Å². The Morgan fingerprint density at radius 3 is 2.11 bits per heavy atom. The molecule has 1 spiro atoms. The van der Waals surface area contributed by atoms with E-state index in [4.69, 9.17) is 22.6 Å². The number of nitrogens with zero attached hydrogens (tertiary/aromatic N) is 6. The number of thiazole rings is 1. The quantitative estimate of drug-likeness (QED) is 0.0216. The number of aliphatic hydroxyl groups is 1. The van der Waals surface area contributed by atoms with Crippen LogP contribution >= 0.6 is 34.7 Å². The maximum Gasteiger partial charge on any atom is 0.501 e. The first kappa shape index (κ1) is 69.1. The summed E-state index contributed by atoms with van der Waals surface area (Å²) < 4.78 is 174. The Kier molecular flexibility index (Phi) is 22.5. The molecular weight excluding hydrogens is 1460 g/mol. The number of benzene rings is 5. The van der Waals surface area contributed by atoms with Crippen LogP contribution in [0.2, 0.25) is 5.02 Å². The summed E-state index contributed by atoms with van der Waals surface area (Å²) in [6.45, 7) is -2.89. The van der Waals surface area contributed by atoms with E-state index < -0.39 is 151 Å². The Morgan fingerprint density at radius 2 is 1.47 bits per heavy atom. The molecule has 0 unspecified atom stereocenters. The van der Waals surface area contributed by atoms with Crippen LogP contribution in [0.15, 0.2) is 147 Å². The Bertz CT molecular complexity index is 4740. The number of carbonyl (C=O) groups excluding carboxylic acids is 5. The summed E-state index contributed by atoms with van der Waals surface area (Å²) in [6.07, 6.45) is 4.02. The summed E-state index contributed by atoms with van der Waals surface area (Å²) >= 11 is 8.81. The van der Waals surface area contributed by atoms with E-state index in [-0.39, 0.29) is 72.3 Å². The molecule has 106 heavy (non-hydrogen) atoms. The van der Waals surface area contributed by atoms with Crippen LogP contribution in [0.3, 0.4) is 0 Å². The Labute approximate surface area is 644 Å². The summed E-state index contributed by atoms with van der Waals surface area (Å²) in [5.74, 6) is -4.27. The first-order valence-electron chi connectivity index (χ1n) is 39.7. The van der Waals surface area contributed by atoms with E-state index in [1.165, 1.54) is 64.3 Å². The Morgan fingerprint density at radius 1 is 0.802 bits per heavy atom. The lowest BCUT2D eigenvalue weighted by Gasteiger charge is -2.38. The lowest BCUT2D eigenvalue weighted by molar-refractivity contribution is -0.144. The fourth-order valence-corrected chi connectivity index (χ4v) is 17.8. The summed E-state index contributed by atoms with van der Waals surface area (Å²) in [5.41, 5.74) is 1.73. The van der Waals surface area contributed by atoms with Gasteiger partial charge in [0.05, 0.1) is 44.3 Å². The summed E-state index contributed by atoms with van der Waals surface area (Å²) in [7, 11) is -11.6. The maximum absolute atomic E-state index is 14.8. The van der Waals surface area contributed by atoms with Gasteiger partial charge in [-0.2, -0.15) is 13.2 Å². The zero-order valence-electron chi connectivity index (χ0n) is 67.8. The van der Waals surface area contributed by atoms with Crippen molar-refractivity contribution in [1.82, 2.24) is 39.9 Å². The molecule has 5 aromatic carbocycles. The number of nitrogens with one attached hydrogen (secondary N) is 4. The third kappa shape index (κ3) is 20.3. The van der Waals surface area contributed by atoms with E-state index in [0.717, 1.165) is 83.8 Å². The molecule has 0 bridgehead atoms. The van der Waals surface area contributed by atoms with Crippen molar-refractivity contribution in [2.75, 3.05) is 87.8 Å². The second-order valence-corrected chi connectivity index (χ2v) is 35.0. The average molecular weight is 1560 g/mol. The number of β-amino-alcohol motifs (C(OH)–C–C–N with tert-alkyl or cyclic N) is 1. The van der Waals surface area contributed by atoms with Crippen molar-refractivity contribution in [2.24, 2.45) is 10.8 Å². The number of unbranched alkanes of at least 4 members (excludes halogenated alkanes) is 3. The first-order chi connectivity index (χ1) is 53.4. The van der Waals surface area contributed by atoms with Gasteiger partial charge < -0.3 is 35.8 Å². The van der Waals surface area contributed by atoms with Crippen LogP contribution < -0.4 is 25.6 Å². The summed E-state index contributed by atoms with van der Waals surface area (Å²) in [5, 5.41) is 19.9. The summed E-state index contributed by atoms with van der Waals surface area (Å²) in [6, 6.07) is 27.8. The number of aliphatic hydroxyl groups excluding tert-OH is 1. The first-order valence-corrected chi connectivity index (χ1v) is 40.9. The molecule has 5 N–H and O–H groups in total. The molecule has 11 rings (SSSR count). The molecular formula is C78H96ClF3N10O10S4. The number of amides is 5. The highest BCUT2D eigenvalue weighted by atomic mass is 35.5. The fourth-order valence-electron chi connectivity index (χ4n) is 13.8. The molecule has 1 aromatic heterocycles. The van der Waals surface area contributed by atoms with E-state index in [0.29, 0.717) is 28.4 Å². The number of allylic oxidation sites excluding steroid dienone is 1. The van der Waals surface area contributed by atoms with Gasteiger partial charge in [0.2, 0.25) is 23.6 Å². The van der Waals surface area contributed by atoms with E-state index in [1.807, 2.05) is 48.0 Å². The zero-order valence-corrected chi connectivity index (χ0v) is 63.8. The van der Waals surface area contributed by atoms with Gasteiger partial charge in [0.15, 0.2) is 0 Å². The van der Waals surface area contributed by atoms with Gasteiger partial charge in [0, 0.05) is 130 Å². The lowest BCUT2D eigenvalue weighted by atomic mass is 9.79. The molecule has 4 heterocycles. The van der Waals surface area contributed by atoms with Crippen LogP contribution in [0.25, 0.3) is 16.0 Å². The number of piperazine rings is 2. The topological polar surface area (TPSA) is 251 Å². The van der Waals surface area contributed by atoms with Crippen molar-refractivity contribution in [3.63, 3.8) is 0 Å². The number of sulfone groups is 1. The number of alkyl halides is 3. The van der Waals surface area contributed by atoms with Crippen molar-refractivity contribution in [3.8, 4) is 10.4 Å². The largest absolute Gasteiger partial charge is 0.501 e. The fraction of sp³-hybridized carbons (Fsp3) is 0.487.